The monoisotopic (exact) mass is 309 g/mol. The Morgan fingerprint density at radius 1 is 0.913 bits per heavy atom. The smallest absolute Gasteiger partial charge is 0.0752 e. The number of rotatable bonds is 8. The van der Waals surface area contributed by atoms with Gasteiger partial charge in [-0.2, -0.15) is 0 Å². The lowest BCUT2D eigenvalue weighted by molar-refractivity contribution is 0.0275. The lowest BCUT2D eigenvalue weighted by Gasteiger charge is -2.34. The minimum Gasteiger partial charge on any atom is -0.391 e. The van der Waals surface area contributed by atoms with E-state index >= 15 is 0 Å². The molecule has 2 aromatic carbocycles. The molecule has 122 valence electrons. The Morgan fingerprint density at radius 2 is 1.35 bits per heavy atom. The van der Waals surface area contributed by atoms with Gasteiger partial charge >= 0.3 is 0 Å². The van der Waals surface area contributed by atoms with Crippen molar-refractivity contribution in [3.8, 4) is 0 Å². The average Bonchev–Trinajstić information content (AvgIpc) is 2.61. The summed E-state index contributed by atoms with van der Waals surface area (Å²) in [4.78, 5) is 2.33. The molecule has 0 aliphatic heterocycles. The van der Waals surface area contributed by atoms with Gasteiger partial charge in [-0.3, -0.25) is 4.90 Å². The van der Waals surface area contributed by atoms with E-state index in [4.69, 9.17) is 0 Å². The van der Waals surface area contributed by atoms with Crippen molar-refractivity contribution in [3.05, 3.63) is 84.4 Å². The summed E-state index contributed by atoms with van der Waals surface area (Å²) in [5.41, 5.74) is 2.52. The van der Waals surface area contributed by atoms with Crippen LogP contribution in [0.25, 0.3) is 0 Å². The third-order valence-electron chi connectivity index (χ3n) is 4.44. The van der Waals surface area contributed by atoms with Crippen LogP contribution in [0.2, 0.25) is 0 Å². The van der Waals surface area contributed by atoms with Crippen LogP contribution in [0.3, 0.4) is 0 Å². The second kappa shape index (κ2) is 8.66. The first kappa shape index (κ1) is 17.5. The second-order valence-electron chi connectivity index (χ2n) is 6.20. The van der Waals surface area contributed by atoms with Crippen LogP contribution in [-0.4, -0.2) is 22.2 Å². The minimum absolute atomic E-state index is 0.0448. The van der Waals surface area contributed by atoms with Crippen molar-refractivity contribution in [1.82, 2.24) is 4.90 Å². The molecule has 2 aromatic rings. The van der Waals surface area contributed by atoms with E-state index in [9.17, 15) is 5.11 Å². The third kappa shape index (κ3) is 5.05. The van der Waals surface area contributed by atoms with E-state index in [1.807, 2.05) is 25.1 Å². The number of nitrogens with zero attached hydrogens (tertiary/aromatic N) is 1. The van der Waals surface area contributed by atoms with Gasteiger partial charge in [0.25, 0.3) is 0 Å². The van der Waals surface area contributed by atoms with Gasteiger partial charge in [-0.25, -0.2) is 0 Å². The van der Waals surface area contributed by atoms with Crippen LogP contribution in [0.1, 0.15) is 25.0 Å². The molecule has 2 nitrogen and oxygen atoms in total. The van der Waals surface area contributed by atoms with Crippen molar-refractivity contribution in [2.45, 2.75) is 39.1 Å². The highest BCUT2D eigenvalue weighted by atomic mass is 16.3. The molecule has 0 aliphatic carbocycles. The van der Waals surface area contributed by atoms with Crippen molar-refractivity contribution < 1.29 is 5.11 Å². The van der Waals surface area contributed by atoms with Crippen LogP contribution in [0, 0.1) is 5.92 Å². The molecule has 0 heterocycles. The number of aliphatic hydroxyl groups excluding tert-OH is 1. The largest absolute Gasteiger partial charge is 0.391 e. The van der Waals surface area contributed by atoms with Crippen molar-refractivity contribution >= 4 is 0 Å². The molecular formula is C21H27NO. The van der Waals surface area contributed by atoms with Gasteiger partial charge in [0.05, 0.1) is 6.10 Å². The number of hydrogen-bond acceptors (Lipinski definition) is 2. The molecule has 0 aromatic heterocycles. The first-order valence-corrected chi connectivity index (χ1v) is 8.24. The highest BCUT2D eigenvalue weighted by Crippen LogP contribution is 2.19. The lowest BCUT2D eigenvalue weighted by atomic mass is 9.97. The summed E-state index contributed by atoms with van der Waals surface area (Å²) in [6.45, 7) is 9.55. The molecule has 0 unspecified atom stereocenters. The molecule has 0 saturated carbocycles. The Labute approximate surface area is 140 Å². The highest BCUT2D eigenvalue weighted by Gasteiger charge is 2.25. The van der Waals surface area contributed by atoms with Gasteiger partial charge in [0, 0.05) is 25.0 Å². The van der Waals surface area contributed by atoms with Crippen LogP contribution in [0.4, 0.5) is 0 Å². The maximum Gasteiger partial charge on any atom is 0.0752 e. The Morgan fingerprint density at radius 3 is 1.74 bits per heavy atom. The molecule has 0 fully saturated rings. The van der Waals surface area contributed by atoms with Crippen LogP contribution >= 0.6 is 0 Å². The van der Waals surface area contributed by atoms with Gasteiger partial charge in [0.15, 0.2) is 0 Å². The van der Waals surface area contributed by atoms with E-state index in [-0.39, 0.29) is 12.0 Å². The summed E-state index contributed by atoms with van der Waals surface area (Å²) in [6, 6.07) is 20.9. The van der Waals surface area contributed by atoms with Crippen LogP contribution < -0.4 is 0 Å². The molecule has 3 atom stereocenters. The summed E-state index contributed by atoms with van der Waals surface area (Å²) in [5, 5.41) is 10.6. The molecule has 0 bridgehead atoms. The maximum atomic E-state index is 10.6. The standard InChI is InChI=1S/C21H27NO/c1-4-17(2)21(23)18(3)22(15-19-11-7-5-8-12-19)16-20-13-9-6-10-14-20/h4-14,17-18,21,23H,1,15-16H2,2-3H3/t17-,18+,21-/m0/s1. The van der Waals surface area contributed by atoms with Crippen molar-refractivity contribution in [3.63, 3.8) is 0 Å². The fourth-order valence-corrected chi connectivity index (χ4v) is 2.77. The minimum atomic E-state index is -0.431. The summed E-state index contributed by atoms with van der Waals surface area (Å²) < 4.78 is 0. The molecule has 2 heteroatoms. The Balaban J connectivity index is 2.18. The van der Waals surface area contributed by atoms with E-state index in [1.54, 1.807) is 0 Å². The first-order valence-electron chi connectivity index (χ1n) is 8.24. The fourth-order valence-electron chi connectivity index (χ4n) is 2.77. The molecule has 0 amide bonds. The predicted molar refractivity (Wildman–Crippen MR) is 97.0 cm³/mol. The molecule has 23 heavy (non-hydrogen) atoms. The predicted octanol–water partition coefficient (Wildman–Crippen LogP) is 4.26. The zero-order chi connectivity index (χ0) is 16.7. The SMILES string of the molecule is C=C[C@H](C)[C@H](O)[C@@H](C)N(Cc1ccccc1)Cc1ccccc1. The van der Waals surface area contributed by atoms with E-state index in [0.717, 1.165) is 13.1 Å². The van der Waals surface area contributed by atoms with Crippen molar-refractivity contribution in [1.29, 1.82) is 0 Å². The van der Waals surface area contributed by atoms with Crippen LogP contribution in [-0.2, 0) is 13.1 Å². The molecular weight excluding hydrogens is 282 g/mol. The zero-order valence-corrected chi connectivity index (χ0v) is 14.1. The van der Waals surface area contributed by atoms with Gasteiger partial charge in [-0.05, 0) is 18.1 Å². The first-order chi connectivity index (χ1) is 11.1. The van der Waals surface area contributed by atoms with Crippen molar-refractivity contribution in [2.75, 3.05) is 0 Å². The van der Waals surface area contributed by atoms with Crippen LogP contribution in [0.5, 0.6) is 0 Å². The van der Waals surface area contributed by atoms with Gasteiger partial charge in [0.2, 0.25) is 0 Å². The van der Waals surface area contributed by atoms with E-state index in [0.29, 0.717) is 0 Å². The zero-order valence-electron chi connectivity index (χ0n) is 14.1. The molecule has 0 radical (unpaired) electrons. The van der Waals surface area contributed by atoms with Crippen LogP contribution in [0.15, 0.2) is 73.3 Å². The highest BCUT2D eigenvalue weighted by molar-refractivity contribution is 5.17. The molecule has 2 rings (SSSR count). The molecule has 0 spiro atoms. The number of aliphatic hydroxyl groups is 1. The van der Waals surface area contributed by atoms with Gasteiger partial charge in [0.1, 0.15) is 0 Å². The van der Waals surface area contributed by atoms with E-state index < -0.39 is 6.10 Å². The van der Waals surface area contributed by atoms with Crippen molar-refractivity contribution in [2.24, 2.45) is 5.92 Å². The summed E-state index contributed by atoms with van der Waals surface area (Å²) >= 11 is 0. The average molecular weight is 309 g/mol. The van der Waals surface area contributed by atoms with Gasteiger partial charge in [-0.15, -0.1) is 6.58 Å². The van der Waals surface area contributed by atoms with E-state index in [1.165, 1.54) is 11.1 Å². The van der Waals surface area contributed by atoms with Gasteiger partial charge < -0.3 is 5.11 Å². The molecule has 0 saturated heterocycles. The quantitative estimate of drug-likeness (QED) is 0.737. The van der Waals surface area contributed by atoms with E-state index in [2.05, 4.69) is 66.9 Å². The third-order valence-corrected chi connectivity index (χ3v) is 4.44. The molecule has 1 N–H and O–H groups in total. The summed E-state index contributed by atoms with van der Waals surface area (Å²) in [7, 11) is 0. The Kier molecular flexibility index (Phi) is 6.57. The molecule has 0 aliphatic rings. The maximum absolute atomic E-state index is 10.6. The Bertz CT molecular complexity index is 540. The summed E-state index contributed by atoms with van der Waals surface area (Å²) in [5.74, 6) is 0.0686. The second-order valence-corrected chi connectivity index (χ2v) is 6.20. The topological polar surface area (TPSA) is 23.5 Å². The normalized spacial score (nSPS) is 15.1. The fraction of sp³-hybridized carbons (Fsp3) is 0.333. The Hall–Kier alpha value is -1.90. The lowest BCUT2D eigenvalue weighted by Crippen LogP contribution is -2.43. The number of benzene rings is 2. The summed E-state index contributed by atoms with van der Waals surface area (Å²) in [6.07, 6.45) is 1.39. The number of hydrogen-bond donors (Lipinski definition) is 1. The van der Waals surface area contributed by atoms with Gasteiger partial charge in [-0.1, -0.05) is 73.7 Å².